The lowest BCUT2D eigenvalue weighted by atomic mass is 10.1. The third kappa shape index (κ3) is 5.43. The fourth-order valence-corrected chi connectivity index (χ4v) is 1.70. The second-order valence-electron chi connectivity index (χ2n) is 5.51. The SMILES string of the molecule is CCC(C)NC(=O)c1ccc(NC(=O)CC(C)C)cc1. The zero-order valence-electron chi connectivity index (χ0n) is 12.7. The van der Waals surface area contributed by atoms with E-state index in [1.807, 2.05) is 27.7 Å². The summed E-state index contributed by atoms with van der Waals surface area (Å²) < 4.78 is 0. The minimum Gasteiger partial charge on any atom is -0.350 e. The number of hydrogen-bond acceptors (Lipinski definition) is 2. The zero-order valence-corrected chi connectivity index (χ0v) is 12.7. The molecule has 110 valence electrons. The van der Waals surface area contributed by atoms with E-state index in [9.17, 15) is 9.59 Å². The molecule has 1 rings (SSSR count). The number of benzene rings is 1. The number of nitrogens with one attached hydrogen (secondary N) is 2. The van der Waals surface area contributed by atoms with E-state index >= 15 is 0 Å². The third-order valence-corrected chi connectivity index (χ3v) is 3.01. The van der Waals surface area contributed by atoms with Crippen LogP contribution >= 0.6 is 0 Å². The van der Waals surface area contributed by atoms with Gasteiger partial charge in [-0.15, -0.1) is 0 Å². The number of hydrogen-bond donors (Lipinski definition) is 2. The summed E-state index contributed by atoms with van der Waals surface area (Å²) >= 11 is 0. The van der Waals surface area contributed by atoms with Crippen LogP contribution in [0.15, 0.2) is 24.3 Å². The van der Waals surface area contributed by atoms with Crippen LogP contribution in [0.5, 0.6) is 0 Å². The molecule has 0 aliphatic carbocycles. The van der Waals surface area contributed by atoms with Crippen LogP contribution < -0.4 is 10.6 Å². The monoisotopic (exact) mass is 276 g/mol. The molecule has 1 unspecified atom stereocenters. The van der Waals surface area contributed by atoms with Gasteiger partial charge in [-0.1, -0.05) is 20.8 Å². The van der Waals surface area contributed by atoms with Gasteiger partial charge in [-0.25, -0.2) is 0 Å². The van der Waals surface area contributed by atoms with Crippen LogP contribution in [0.25, 0.3) is 0 Å². The lowest BCUT2D eigenvalue weighted by Crippen LogP contribution is -2.31. The van der Waals surface area contributed by atoms with Crippen molar-refractivity contribution in [2.45, 2.75) is 46.6 Å². The van der Waals surface area contributed by atoms with Crippen molar-refractivity contribution < 1.29 is 9.59 Å². The van der Waals surface area contributed by atoms with Crippen LogP contribution in [0.4, 0.5) is 5.69 Å². The molecule has 20 heavy (non-hydrogen) atoms. The maximum Gasteiger partial charge on any atom is 0.251 e. The molecule has 0 heterocycles. The fraction of sp³-hybridized carbons (Fsp3) is 0.500. The van der Waals surface area contributed by atoms with E-state index in [0.717, 1.165) is 12.1 Å². The number of carbonyl (C=O) groups excluding carboxylic acids is 2. The van der Waals surface area contributed by atoms with Crippen molar-refractivity contribution in [2.75, 3.05) is 5.32 Å². The molecule has 1 aromatic carbocycles. The van der Waals surface area contributed by atoms with Crippen LogP contribution in [0.2, 0.25) is 0 Å². The van der Waals surface area contributed by atoms with Gasteiger partial charge in [0.25, 0.3) is 5.91 Å². The predicted octanol–water partition coefficient (Wildman–Crippen LogP) is 3.20. The van der Waals surface area contributed by atoms with Crippen molar-refractivity contribution in [3.05, 3.63) is 29.8 Å². The van der Waals surface area contributed by atoms with Gasteiger partial charge in [-0.05, 0) is 43.5 Å². The molecule has 2 amide bonds. The molecule has 1 aromatic rings. The Balaban J connectivity index is 2.60. The molecule has 0 aliphatic rings. The number of rotatable bonds is 6. The second kappa shape index (κ2) is 7.68. The average molecular weight is 276 g/mol. The Morgan fingerprint density at radius 3 is 2.20 bits per heavy atom. The topological polar surface area (TPSA) is 58.2 Å². The lowest BCUT2D eigenvalue weighted by Gasteiger charge is -2.12. The van der Waals surface area contributed by atoms with E-state index in [0.29, 0.717) is 17.9 Å². The van der Waals surface area contributed by atoms with Crippen LogP contribution in [-0.2, 0) is 4.79 Å². The summed E-state index contributed by atoms with van der Waals surface area (Å²) in [5.41, 5.74) is 1.32. The smallest absolute Gasteiger partial charge is 0.251 e. The summed E-state index contributed by atoms with van der Waals surface area (Å²) in [6.07, 6.45) is 1.39. The first-order chi connectivity index (χ1) is 9.42. The van der Waals surface area contributed by atoms with E-state index in [-0.39, 0.29) is 17.9 Å². The minimum atomic E-state index is -0.0839. The molecular formula is C16H24N2O2. The summed E-state index contributed by atoms with van der Waals surface area (Å²) in [6, 6.07) is 7.12. The first-order valence-corrected chi connectivity index (χ1v) is 7.13. The van der Waals surface area contributed by atoms with Gasteiger partial charge in [0.1, 0.15) is 0 Å². The highest BCUT2D eigenvalue weighted by molar-refractivity contribution is 5.95. The summed E-state index contributed by atoms with van der Waals surface area (Å²) in [5, 5.41) is 5.73. The third-order valence-electron chi connectivity index (χ3n) is 3.01. The Bertz CT molecular complexity index is 452. The van der Waals surface area contributed by atoms with Gasteiger partial charge in [0, 0.05) is 23.7 Å². The first kappa shape index (κ1) is 16.2. The van der Waals surface area contributed by atoms with E-state index in [4.69, 9.17) is 0 Å². The van der Waals surface area contributed by atoms with Gasteiger partial charge in [0.2, 0.25) is 5.91 Å². The van der Waals surface area contributed by atoms with Crippen molar-refractivity contribution >= 4 is 17.5 Å². The van der Waals surface area contributed by atoms with Crippen molar-refractivity contribution in [1.29, 1.82) is 0 Å². The van der Waals surface area contributed by atoms with Gasteiger partial charge < -0.3 is 10.6 Å². The fourth-order valence-electron chi connectivity index (χ4n) is 1.70. The lowest BCUT2D eigenvalue weighted by molar-refractivity contribution is -0.116. The van der Waals surface area contributed by atoms with Gasteiger partial charge in [0.15, 0.2) is 0 Å². The van der Waals surface area contributed by atoms with E-state index < -0.39 is 0 Å². The van der Waals surface area contributed by atoms with Gasteiger partial charge in [0.05, 0.1) is 0 Å². The Morgan fingerprint density at radius 2 is 1.70 bits per heavy atom. The summed E-state index contributed by atoms with van der Waals surface area (Å²) in [7, 11) is 0. The Hall–Kier alpha value is -1.84. The summed E-state index contributed by atoms with van der Waals surface area (Å²) in [4.78, 5) is 23.5. The van der Waals surface area contributed by atoms with Gasteiger partial charge in [-0.3, -0.25) is 9.59 Å². The number of amides is 2. The normalized spacial score (nSPS) is 12.1. The molecule has 0 saturated carbocycles. The Morgan fingerprint density at radius 1 is 1.10 bits per heavy atom. The molecule has 0 aromatic heterocycles. The Kier molecular flexibility index (Phi) is 6.22. The molecule has 0 bridgehead atoms. The van der Waals surface area contributed by atoms with E-state index in [1.54, 1.807) is 24.3 Å². The highest BCUT2D eigenvalue weighted by Crippen LogP contribution is 2.11. The molecule has 0 saturated heterocycles. The van der Waals surface area contributed by atoms with Crippen molar-refractivity contribution in [3.63, 3.8) is 0 Å². The second-order valence-corrected chi connectivity index (χ2v) is 5.51. The standard InChI is InChI=1S/C16H24N2O2/c1-5-12(4)17-16(20)13-6-8-14(9-7-13)18-15(19)10-11(2)3/h6-9,11-12H,5,10H2,1-4H3,(H,17,20)(H,18,19). The van der Waals surface area contributed by atoms with Crippen molar-refractivity contribution in [2.24, 2.45) is 5.92 Å². The summed E-state index contributed by atoms with van der Waals surface area (Å²) in [5.74, 6) is 0.242. The maximum atomic E-state index is 11.9. The van der Waals surface area contributed by atoms with Crippen molar-refractivity contribution in [3.8, 4) is 0 Å². The molecular weight excluding hydrogens is 252 g/mol. The number of carbonyl (C=O) groups is 2. The molecule has 0 spiro atoms. The largest absolute Gasteiger partial charge is 0.350 e. The zero-order chi connectivity index (χ0) is 15.1. The highest BCUT2D eigenvalue weighted by atomic mass is 16.2. The van der Waals surface area contributed by atoms with E-state index in [2.05, 4.69) is 10.6 Å². The van der Waals surface area contributed by atoms with Crippen LogP contribution in [0, 0.1) is 5.92 Å². The Labute approximate surface area is 121 Å². The number of anilines is 1. The van der Waals surface area contributed by atoms with Crippen LogP contribution in [0.1, 0.15) is 50.9 Å². The minimum absolute atomic E-state index is 0.00296. The quantitative estimate of drug-likeness (QED) is 0.838. The van der Waals surface area contributed by atoms with Crippen molar-refractivity contribution in [1.82, 2.24) is 5.32 Å². The molecule has 0 radical (unpaired) electrons. The molecule has 0 aliphatic heterocycles. The molecule has 0 fully saturated rings. The highest BCUT2D eigenvalue weighted by Gasteiger charge is 2.09. The van der Waals surface area contributed by atoms with Gasteiger partial charge in [-0.2, -0.15) is 0 Å². The average Bonchev–Trinajstić information content (AvgIpc) is 2.38. The maximum absolute atomic E-state index is 11.9. The summed E-state index contributed by atoms with van der Waals surface area (Å²) in [6.45, 7) is 8.00. The van der Waals surface area contributed by atoms with Crippen LogP contribution in [-0.4, -0.2) is 17.9 Å². The van der Waals surface area contributed by atoms with Crippen LogP contribution in [0.3, 0.4) is 0 Å². The molecule has 4 nitrogen and oxygen atoms in total. The predicted molar refractivity (Wildman–Crippen MR) is 81.7 cm³/mol. The van der Waals surface area contributed by atoms with E-state index in [1.165, 1.54) is 0 Å². The first-order valence-electron chi connectivity index (χ1n) is 7.13. The molecule has 1 atom stereocenters. The molecule has 4 heteroatoms. The van der Waals surface area contributed by atoms with Gasteiger partial charge >= 0.3 is 0 Å². The molecule has 2 N–H and O–H groups in total.